The Labute approximate surface area is 177 Å². The van der Waals surface area contributed by atoms with Crippen molar-refractivity contribution in [1.29, 1.82) is 5.26 Å². The van der Waals surface area contributed by atoms with Crippen molar-refractivity contribution >= 4 is 29.6 Å². The van der Waals surface area contributed by atoms with Gasteiger partial charge in [0.25, 0.3) is 5.91 Å². The number of fused-ring (bicyclic) bond motifs is 1. The molecule has 2 aliphatic heterocycles. The second kappa shape index (κ2) is 9.55. The topological polar surface area (TPSA) is 178 Å². The number of imide groups is 1. The van der Waals surface area contributed by atoms with E-state index in [2.05, 4.69) is 15.5 Å². The molecule has 3 amide bonds. The summed E-state index contributed by atoms with van der Waals surface area (Å²) in [5.74, 6) is -1.19. The van der Waals surface area contributed by atoms with Crippen LogP contribution in [0.15, 0.2) is 28.4 Å². The molecule has 0 saturated carbocycles. The number of nitroso groups, excluding NO2 is 1. The minimum absolute atomic E-state index is 0.0574. The fourth-order valence-electron chi connectivity index (χ4n) is 3.70. The molecule has 31 heavy (non-hydrogen) atoms. The zero-order valence-electron chi connectivity index (χ0n) is 16.6. The molecule has 1 saturated heterocycles. The normalized spacial score (nSPS) is 21.4. The lowest BCUT2D eigenvalue weighted by atomic mass is 10.0. The summed E-state index contributed by atoms with van der Waals surface area (Å²) in [6, 6.07) is 4.04. The largest absolute Gasteiger partial charge is 0.389 e. The van der Waals surface area contributed by atoms with Crippen LogP contribution >= 0.6 is 0 Å². The number of nitrogens with two attached hydrogens (primary N) is 1. The standard InChI is InChI=1S/C20H22N6O5/c21-8-2-5-15(25-31)18(28)13(22)9-23-14-4-1-3-11-12(14)10-26(20(11)30)16-6-7-17(27)24-19(16)29/h1,3-4,9,13,15-16,18,28H,2,5-7,10,22H2,(H,24,27,29)/b23-9+/t13-,15+,16?,18+/m0/s1. The number of carbonyl (C=O) groups is 3. The number of aliphatic hydroxyl groups excluding tert-OH is 1. The third-order valence-electron chi connectivity index (χ3n) is 5.42. The van der Waals surface area contributed by atoms with E-state index in [9.17, 15) is 24.4 Å². The van der Waals surface area contributed by atoms with E-state index in [1.807, 2.05) is 6.07 Å². The van der Waals surface area contributed by atoms with E-state index in [-0.39, 0.29) is 44.0 Å². The van der Waals surface area contributed by atoms with Gasteiger partial charge in [0.15, 0.2) is 0 Å². The van der Waals surface area contributed by atoms with Gasteiger partial charge in [0.2, 0.25) is 11.8 Å². The van der Waals surface area contributed by atoms with Gasteiger partial charge < -0.3 is 15.7 Å². The zero-order valence-corrected chi connectivity index (χ0v) is 16.6. The van der Waals surface area contributed by atoms with E-state index in [4.69, 9.17) is 11.0 Å². The average molecular weight is 426 g/mol. The Morgan fingerprint density at radius 3 is 2.84 bits per heavy atom. The van der Waals surface area contributed by atoms with E-state index in [1.165, 1.54) is 11.1 Å². The summed E-state index contributed by atoms with van der Waals surface area (Å²) in [5.41, 5.74) is 7.36. The number of rotatable bonds is 8. The number of aliphatic imine (C=N–C) groups is 1. The predicted octanol–water partition coefficient (Wildman–Crippen LogP) is 0.277. The number of amides is 3. The molecule has 2 aliphatic rings. The van der Waals surface area contributed by atoms with Crippen LogP contribution in [-0.4, -0.2) is 58.2 Å². The third-order valence-corrected chi connectivity index (χ3v) is 5.42. The van der Waals surface area contributed by atoms with Crippen LogP contribution in [0.1, 0.15) is 41.6 Å². The van der Waals surface area contributed by atoms with Crippen LogP contribution in [0.25, 0.3) is 0 Å². The average Bonchev–Trinajstić information content (AvgIpc) is 3.09. The summed E-state index contributed by atoms with van der Waals surface area (Å²) in [6.45, 7) is 0.145. The van der Waals surface area contributed by atoms with Crippen molar-refractivity contribution in [2.45, 2.75) is 56.5 Å². The number of nitrogens with one attached hydrogen (secondary N) is 1. The first-order valence-electron chi connectivity index (χ1n) is 9.81. The minimum Gasteiger partial charge on any atom is -0.389 e. The highest BCUT2D eigenvalue weighted by Gasteiger charge is 2.39. The summed E-state index contributed by atoms with van der Waals surface area (Å²) in [6.07, 6.45) is 0.507. The van der Waals surface area contributed by atoms with Crippen LogP contribution in [0.3, 0.4) is 0 Å². The summed E-state index contributed by atoms with van der Waals surface area (Å²) < 4.78 is 0. The summed E-state index contributed by atoms with van der Waals surface area (Å²) in [5, 5.41) is 23.9. The second-order valence-electron chi connectivity index (χ2n) is 7.42. The third kappa shape index (κ3) is 4.65. The number of nitriles is 1. The zero-order chi connectivity index (χ0) is 22.5. The van der Waals surface area contributed by atoms with E-state index >= 15 is 0 Å². The monoisotopic (exact) mass is 426 g/mol. The summed E-state index contributed by atoms with van der Waals surface area (Å²) in [7, 11) is 0. The molecule has 4 N–H and O–H groups in total. The van der Waals surface area contributed by atoms with E-state index in [0.29, 0.717) is 16.8 Å². The highest BCUT2D eigenvalue weighted by molar-refractivity contribution is 6.06. The number of piperidine rings is 1. The molecule has 1 fully saturated rings. The van der Waals surface area contributed by atoms with E-state index in [0.717, 1.165) is 0 Å². The second-order valence-corrected chi connectivity index (χ2v) is 7.42. The molecule has 1 unspecified atom stereocenters. The molecule has 1 aromatic rings. The maximum absolute atomic E-state index is 12.8. The van der Waals surface area contributed by atoms with Gasteiger partial charge in [-0.15, -0.1) is 0 Å². The molecule has 162 valence electrons. The van der Waals surface area contributed by atoms with Gasteiger partial charge in [-0.05, 0) is 25.0 Å². The van der Waals surface area contributed by atoms with Crippen LogP contribution in [0.5, 0.6) is 0 Å². The molecule has 0 bridgehead atoms. The van der Waals surface area contributed by atoms with Gasteiger partial charge in [-0.3, -0.25) is 24.7 Å². The molecule has 11 nitrogen and oxygen atoms in total. The van der Waals surface area contributed by atoms with Crippen LogP contribution in [0, 0.1) is 16.2 Å². The number of hydrogen-bond donors (Lipinski definition) is 3. The fourth-order valence-corrected chi connectivity index (χ4v) is 3.70. The maximum atomic E-state index is 12.8. The van der Waals surface area contributed by atoms with Crippen molar-refractivity contribution in [3.63, 3.8) is 0 Å². The van der Waals surface area contributed by atoms with Gasteiger partial charge in [0.05, 0.1) is 23.9 Å². The van der Waals surface area contributed by atoms with Crippen molar-refractivity contribution in [2.75, 3.05) is 0 Å². The van der Waals surface area contributed by atoms with Gasteiger partial charge in [0.1, 0.15) is 12.1 Å². The molecule has 0 aromatic heterocycles. The molecule has 0 aliphatic carbocycles. The number of benzene rings is 1. The van der Waals surface area contributed by atoms with Gasteiger partial charge in [-0.25, -0.2) is 0 Å². The minimum atomic E-state index is -1.31. The molecule has 1 aromatic carbocycles. The number of hydrogen-bond acceptors (Lipinski definition) is 9. The first kappa shape index (κ1) is 22.2. The summed E-state index contributed by atoms with van der Waals surface area (Å²) >= 11 is 0. The van der Waals surface area contributed by atoms with Crippen LogP contribution in [0.4, 0.5) is 5.69 Å². The lowest BCUT2D eigenvalue weighted by molar-refractivity contribution is -0.136. The number of aliphatic hydroxyl groups is 1. The lowest BCUT2D eigenvalue weighted by Gasteiger charge is -2.29. The first-order chi connectivity index (χ1) is 14.9. The predicted molar refractivity (Wildman–Crippen MR) is 109 cm³/mol. The summed E-state index contributed by atoms with van der Waals surface area (Å²) in [4.78, 5) is 53.0. The van der Waals surface area contributed by atoms with Crippen molar-refractivity contribution in [1.82, 2.24) is 10.2 Å². The molecule has 0 spiro atoms. The number of nitrogens with zero attached hydrogens (tertiary/aromatic N) is 4. The number of carbonyl (C=O) groups excluding carboxylic acids is 3. The molecular weight excluding hydrogens is 404 g/mol. The molecule has 2 heterocycles. The Morgan fingerprint density at radius 1 is 1.39 bits per heavy atom. The van der Waals surface area contributed by atoms with Gasteiger partial charge in [-0.1, -0.05) is 11.2 Å². The Kier molecular flexibility index (Phi) is 6.84. The van der Waals surface area contributed by atoms with Gasteiger partial charge in [-0.2, -0.15) is 10.2 Å². The Hall–Kier alpha value is -3.49. The van der Waals surface area contributed by atoms with Crippen LogP contribution < -0.4 is 11.1 Å². The highest BCUT2D eigenvalue weighted by Crippen LogP contribution is 2.33. The quantitative estimate of drug-likeness (QED) is 0.303. The molecule has 0 radical (unpaired) electrons. The Balaban J connectivity index is 1.76. The van der Waals surface area contributed by atoms with E-state index < -0.39 is 30.1 Å². The van der Waals surface area contributed by atoms with Crippen molar-refractivity contribution in [3.05, 3.63) is 34.2 Å². The first-order valence-corrected chi connectivity index (χ1v) is 9.81. The lowest BCUT2D eigenvalue weighted by Crippen LogP contribution is -2.52. The Morgan fingerprint density at radius 2 is 2.16 bits per heavy atom. The van der Waals surface area contributed by atoms with Crippen molar-refractivity contribution < 1.29 is 19.5 Å². The molecule has 3 rings (SSSR count). The maximum Gasteiger partial charge on any atom is 0.255 e. The van der Waals surface area contributed by atoms with Gasteiger partial charge in [0, 0.05) is 36.7 Å². The SMILES string of the molecule is N#CCC[C@@H](N=O)[C@H](O)[C@@H](N)/C=N/c1cccc2c1CN(C1CCC(=O)NC1=O)C2=O. The van der Waals surface area contributed by atoms with E-state index in [1.54, 1.807) is 18.2 Å². The Bertz CT molecular complexity index is 971. The van der Waals surface area contributed by atoms with Crippen LogP contribution in [-0.2, 0) is 16.1 Å². The van der Waals surface area contributed by atoms with Crippen molar-refractivity contribution in [2.24, 2.45) is 15.9 Å². The highest BCUT2D eigenvalue weighted by atomic mass is 16.3. The molecule has 11 heteroatoms. The smallest absolute Gasteiger partial charge is 0.255 e. The molecule has 4 atom stereocenters. The fraction of sp³-hybridized carbons (Fsp3) is 0.450. The van der Waals surface area contributed by atoms with Crippen LogP contribution in [0.2, 0.25) is 0 Å². The van der Waals surface area contributed by atoms with Crippen molar-refractivity contribution in [3.8, 4) is 6.07 Å². The molecular formula is C20H22N6O5. The van der Waals surface area contributed by atoms with Gasteiger partial charge >= 0.3 is 0 Å².